The molecule has 2 rings (SSSR count). The molecule has 0 radical (unpaired) electrons. The van der Waals surface area contributed by atoms with Crippen molar-refractivity contribution in [1.29, 1.82) is 0 Å². The molecule has 6 nitrogen and oxygen atoms in total. The van der Waals surface area contributed by atoms with Crippen molar-refractivity contribution in [3.05, 3.63) is 41.2 Å². The van der Waals surface area contributed by atoms with E-state index in [1.54, 1.807) is 33.1 Å². The van der Waals surface area contributed by atoms with Crippen LogP contribution in [0.3, 0.4) is 0 Å². The molecule has 0 saturated carbocycles. The average Bonchev–Trinajstić information content (AvgIpc) is 2.77. The maximum atomic E-state index is 12.2. The van der Waals surface area contributed by atoms with E-state index in [4.69, 9.17) is 4.74 Å². The van der Waals surface area contributed by atoms with Crippen molar-refractivity contribution in [3.63, 3.8) is 0 Å². The zero-order valence-electron chi connectivity index (χ0n) is 11.6. The van der Waals surface area contributed by atoms with Crippen LogP contribution in [0.5, 0.6) is 5.75 Å². The molecule has 0 aliphatic carbocycles. The normalized spacial score (nSPS) is 11.6. The van der Waals surface area contributed by atoms with Crippen molar-refractivity contribution in [2.45, 2.75) is 25.3 Å². The molecule has 0 unspecified atom stereocenters. The number of hydrogen-bond acceptors (Lipinski definition) is 4. The molecule has 0 amide bonds. The topological polar surface area (TPSA) is 84.1 Å². The van der Waals surface area contributed by atoms with E-state index < -0.39 is 10.0 Å². The van der Waals surface area contributed by atoms with E-state index in [-0.39, 0.29) is 11.4 Å². The van der Waals surface area contributed by atoms with E-state index in [9.17, 15) is 8.42 Å². The Labute approximate surface area is 118 Å². The maximum absolute atomic E-state index is 12.2. The third kappa shape index (κ3) is 3.00. The van der Waals surface area contributed by atoms with Crippen molar-refractivity contribution < 1.29 is 13.2 Å². The molecule has 0 saturated heterocycles. The molecular weight excluding hydrogens is 278 g/mol. The second-order valence-electron chi connectivity index (χ2n) is 4.44. The predicted octanol–water partition coefficient (Wildman–Crippen LogP) is 1.51. The zero-order chi connectivity index (χ0) is 14.8. The lowest BCUT2D eigenvalue weighted by Crippen LogP contribution is -2.24. The second-order valence-corrected chi connectivity index (χ2v) is 6.14. The minimum Gasteiger partial charge on any atom is -0.497 e. The lowest BCUT2D eigenvalue weighted by molar-refractivity contribution is 0.414. The van der Waals surface area contributed by atoms with Crippen LogP contribution < -0.4 is 9.46 Å². The van der Waals surface area contributed by atoms with Crippen LogP contribution in [0.4, 0.5) is 0 Å². The summed E-state index contributed by atoms with van der Waals surface area (Å²) in [6.07, 6.45) is 0. The van der Waals surface area contributed by atoms with Gasteiger partial charge in [0.25, 0.3) is 0 Å². The van der Waals surface area contributed by atoms with Gasteiger partial charge in [-0.1, -0.05) is 12.1 Å². The molecule has 0 aliphatic rings. The van der Waals surface area contributed by atoms with Gasteiger partial charge in [-0.05, 0) is 31.5 Å². The molecule has 2 aromatic rings. The van der Waals surface area contributed by atoms with E-state index in [1.165, 1.54) is 0 Å². The highest BCUT2D eigenvalue weighted by molar-refractivity contribution is 7.89. The quantitative estimate of drug-likeness (QED) is 0.876. The number of aryl methyl sites for hydroxylation is 2. The number of rotatable bonds is 5. The summed E-state index contributed by atoms with van der Waals surface area (Å²) >= 11 is 0. The smallest absolute Gasteiger partial charge is 0.244 e. The number of aromatic nitrogens is 2. The predicted molar refractivity (Wildman–Crippen MR) is 75.1 cm³/mol. The minimum absolute atomic E-state index is 0.214. The van der Waals surface area contributed by atoms with Crippen LogP contribution >= 0.6 is 0 Å². The van der Waals surface area contributed by atoms with Crippen LogP contribution in [-0.4, -0.2) is 25.7 Å². The first-order chi connectivity index (χ1) is 9.44. The number of aromatic amines is 1. The first kappa shape index (κ1) is 14.5. The van der Waals surface area contributed by atoms with Gasteiger partial charge in [-0.25, -0.2) is 13.1 Å². The minimum atomic E-state index is -3.57. The number of methoxy groups -OCH3 is 1. The van der Waals surface area contributed by atoms with Gasteiger partial charge in [0.05, 0.1) is 18.5 Å². The van der Waals surface area contributed by atoms with Gasteiger partial charge in [-0.15, -0.1) is 0 Å². The summed E-state index contributed by atoms with van der Waals surface area (Å²) in [6.45, 7) is 3.56. The number of ether oxygens (including phenoxy) is 1. The van der Waals surface area contributed by atoms with Gasteiger partial charge < -0.3 is 4.74 Å². The van der Waals surface area contributed by atoms with Crippen LogP contribution in [0, 0.1) is 13.8 Å². The number of H-pyrrole nitrogens is 1. The van der Waals surface area contributed by atoms with Gasteiger partial charge in [-0.2, -0.15) is 5.10 Å². The van der Waals surface area contributed by atoms with Crippen molar-refractivity contribution in [1.82, 2.24) is 14.9 Å². The molecule has 0 aliphatic heterocycles. The molecular formula is C13H17N3O3S. The summed E-state index contributed by atoms with van der Waals surface area (Å²) in [7, 11) is -1.98. The molecule has 0 fully saturated rings. The SMILES string of the molecule is COc1ccc(CNS(=O)(=O)c2c(C)n[nH]c2C)cc1. The van der Waals surface area contributed by atoms with E-state index in [2.05, 4.69) is 14.9 Å². The van der Waals surface area contributed by atoms with Crippen LogP contribution in [0.1, 0.15) is 17.0 Å². The Morgan fingerprint density at radius 1 is 1.25 bits per heavy atom. The lowest BCUT2D eigenvalue weighted by Gasteiger charge is -2.07. The van der Waals surface area contributed by atoms with Gasteiger partial charge in [-0.3, -0.25) is 5.10 Å². The highest BCUT2D eigenvalue weighted by Gasteiger charge is 2.21. The standard InChI is InChI=1S/C13H17N3O3S/c1-9-13(10(2)16-15-9)20(17,18)14-8-11-4-6-12(19-3)7-5-11/h4-7,14H,8H2,1-3H3,(H,15,16). The molecule has 7 heteroatoms. The number of nitrogens with zero attached hydrogens (tertiary/aromatic N) is 1. The fourth-order valence-corrected chi connectivity index (χ4v) is 3.31. The molecule has 1 aromatic carbocycles. The fourth-order valence-electron chi connectivity index (χ4n) is 1.93. The van der Waals surface area contributed by atoms with Crippen LogP contribution in [0.25, 0.3) is 0 Å². The van der Waals surface area contributed by atoms with E-state index >= 15 is 0 Å². The Balaban J connectivity index is 2.13. The van der Waals surface area contributed by atoms with Gasteiger partial charge in [0, 0.05) is 6.54 Å². The monoisotopic (exact) mass is 295 g/mol. The number of benzene rings is 1. The fraction of sp³-hybridized carbons (Fsp3) is 0.308. The largest absolute Gasteiger partial charge is 0.497 e. The Hall–Kier alpha value is -1.86. The summed E-state index contributed by atoms with van der Waals surface area (Å²) < 4.78 is 32.1. The van der Waals surface area contributed by atoms with Gasteiger partial charge in [0.15, 0.2) is 0 Å². The molecule has 2 N–H and O–H groups in total. The Morgan fingerprint density at radius 3 is 2.40 bits per heavy atom. The van der Waals surface area contributed by atoms with Crippen LogP contribution in [0.2, 0.25) is 0 Å². The highest BCUT2D eigenvalue weighted by atomic mass is 32.2. The average molecular weight is 295 g/mol. The summed E-state index contributed by atoms with van der Waals surface area (Å²) in [4.78, 5) is 0.214. The van der Waals surface area contributed by atoms with Crippen molar-refractivity contribution in [3.8, 4) is 5.75 Å². The van der Waals surface area contributed by atoms with Crippen LogP contribution in [0.15, 0.2) is 29.2 Å². The molecule has 20 heavy (non-hydrogen) atoms. The Kier molecular flexibility index (Phi) is 4.10. The lowest BCUT2D eigenvalue weighted by atomic mass is 10.2. The van der Waals surface area contributed by atoms with E-state index in [0.717, 1.165) is 11.3 Å². The van der Waals surface area contributed by atoms with Crippen molar-refractivity contribution in [2.24, 2.45) is 0 Å². The van der Waals surface area contributed by atoms with E-state index in [0.29, 0.717) is 11.4 Å². The molecule has 1 aromatic heterocycles. The first-order valence-electron chi connectivity index (χ1n) is 6.08. The summed E-state index contributed by atoms with van der Waals surface area (Å²) in [6, 6.07) is 7.21. The van der Waals surface area contributed by atoms with Gasteiger partial charge in [0.1, 0.15) is 10.6 Å². The molecule has 0 bridgehead atoms. The zero-order valence-corrected chi connectivity index (χ0v) is 12.4. The third-order valence-corrected chi connectivity index (χ3v) is 4.62. The number of nitrogens with one attached hydrogen (secondary N) is 2. The number of hydrogen-bond donors (Lipinski definition) is 2. The van der Waals surface area contributed by atoms with Gasteiger partial charge in [0.2, 0.25) is 10.0 Å². The molecule has 1 heterocycles. The van der Waals surface area contributed by atoms with Crippen molar-refractivity contribution >= 4 is 10.0 Å². The van der Waals surface area contributed by atoms with Crippen molar-refractivity contribution in [2.75, 3.05) is 7.11 Å². The Morgan fingerprint density at radius 2 is 1.90 bits per heavy atom. The first-order valence-corrected chi connectivity index (χ1v) is 7.56. The van der Waals surface area contributed by atoms with Gasteiger partial charge >= 0.3 is 0 Å². The van der Waals surface area contributed by atoms with E-state index in [1.807, 2.05) is 12.1 Å². The second kappa shape index (κ2) is 5.64. The summed E-state index contributed by atoms with van der Waals surface area (Å²) in [5.74, 6) is 0.734. The summed E-state index contributed by atoms with van der Waals surface area (Å²) in [5.41, 5.74) is 1.85. The van der Waals surface area contributed by atoms with Crippen LogP contribution in [-0.2, 0) is 16.6 Å². The summed E-state index contributed by atoms with van der Waals surface area (Å²) in [5, 5.41) is 6.57. The molecule has 0 spiro atoms. The number of sulfonamides is 1. The maximum Gasteiger partial charge on any atom is 0.244 e. The third-order valence-electron chi connectivity index (χ3n) is 2.95. The highest BCUT2D eigenvalue weighted by Crippen LogP contribution is 2.17. The molecule has 108 valence electrons. The Bertz CT molecular complexity index is 671. The molecule has 0 atom stereocenters.